The molecule has 0 aromatic heterocycles. The van der Waals surface area contributed by atoms with Gasteiger partial charge in [0.15, 0.2) is 0 Å². The van der Waals surface area contributed by atoms with Crippen LogP contribution >= 0.6 is 0 Å². The summed E-state index contributed by atoms with van der Waals surface area (Å²) in [5.74, 6) is 0.451. The third-order valence-electron chi connectivity index (χ3n) is 8.14. The number of aliphatic hydroxyl groups is 1. The lowest BCUT2D eigenvalue weighted by molar-refractivity contribution is 0.0194. The number of rotatable bonds is 4. The number of carbonyl (C=O) groups excluding carboxylic acids is 3. The lowest BCUT2D eigenvalue weighted by Crippen LogP contribution is -2.41. The van der Waals surface area contributed by atoms with Gasteiger partial charge in [-0.1, -0.05) is 36.4 Å². The van der Waals surface area contributed by atoms with Crippen molar-refractivity contribution in [3.63, 3.8) is 0 Å². The Labute approximate surface area is 275 Å². The van der Waals surface area contributed by atoms with E-state index in [1.165, 1.54) is 12.7 Å². The summed E-state index contributed by atoms with van der Waals surface area (Å²) in [6, 6.07) is 15.7. The molecule has 4 rings (SSSR count). The van der Waals surface area contributed by atoms with E-state index in [2.05, 4.69) is 12.1 Å². The summed E-state index contributed by atoms with van der Waals surface area (Å²) in [7, 11) is 1.38. The fourth-order valence-corrected chi connectivity index (χ4v) is 5.65. The van der Waals surface area contributed by atoms with Crippen molar-refractivity contribution >= 4 is 18.2 Å². The van der Waals surface area contributed by atoms with Gasteiger partial charge in [-0.2, -0.15) is 0 Å². The van der Waals surface area contributed by atoms with Gasteiger partial charge in [0.2, 0.25) is 0 Å². The fraction of sp³-hybridized carbons (Fsp3) is 0.595. The molecule has 0 saturated carbocycles. The maximum Gasteiger partial charge on any atom is 0.410 e. The van der Waals surface area contributed by atoms with Crippen LogP contribution in [0.1, 0.15) is 120 Å². The molecule has 0 aliphatic carbocycles. The molecule has 0 spiro atoms. The third-order valence-corrected chi connectivity index (χ3v) is 8.14. The van der Waals surface area contributed by atoms with Gasteiger partial charge in [0.25, 0.3) is 0 Å². The molecule has 1 N–H and O–H groups in total. The van der Waals surface area contributed by atoms with Gasteiger partial charge in [0.05, 0.1) is 18.3 Å². The number of piperidine rings is 2. The van der Waals surface area contributed by atoms with Crippen LogP contribution in [0.25, 0.3) is 0 Å². The van der Waals surface area contributed by atoms with E-state index >= 15 is 0 Å². The Bertz CT molecular complexity index is 1320. The van der Waals surface area contributed by atoms with Crippen LogP contribution in [0.4, 0.5) is 9.59 Å². The predicted octanol–water partition coefficient (Wildman–Crippen LogP) is 7.62. The number of hydrogen-bond acceptors (Lipinski definition) is 7. The Balaban J connectivity index is 0.000000250. The summed E-state index contributed by atoms with van der Waals surface area (Å²) in [6.07, 6.45) is 3.11. The van der Waals surface area contributed by atoms with Crippen molar-refractivity contribution in [1.82, 2.24) is 9.80 Å². The van der Waals surface area contributed by atoms with E-state index in [0.29, 0.717) is 43.6 Å². The van der Waals surface area contributed by atoms with E-state index in [9.17, 15) is 19.5 Å². The fourth-order valence-electron chi connectivity index (χ4n) is 5.65. The molecule has 2 amide bonds. The highest BCUT2D eigenvalue weighted by Gasteiger charge is 2.29. The van der Waals surface area contributed by atoms with Crippen LogP contribution in [-0.4, -0.2) is 77.6 Å². The van der Waals surface area contributed by atoms with Crippen molar-refractivity contribution in [3.05, 3.63) is 70.8 Å². The van der Waals surface area contributed by atoms with Crippen LogP contribution in [0.3, 0.4) is 0 Å². The smallest absolute Gasteiger partial charge is 0.410 e. The lowest BCUT2D eigenvalue weighted by atomic mass is 9.86. The Hall–Kier alpha value is -3.59. The number of likely N-dealkylation sites (tertiary alicyclic amines) is 2. The van der Waals surface area contributed by atoms with Gasteiger partial charge < -0.3 is 29.1 Å². The molecular weight excluding hydrogens is 584 g/mol. The zero-order valence-corrected chi connectivity index (χ0v) is 29.2. The van der Waals surface area contributed by atoms with E-state index in [1.807, 2.05) is 71.9 Å². The molecular formula is C37H54N2O7. The second-order valence-electron chi connectivity index (χ2n) is 14.8. The quantitative estimate of drug-likeness (QED) is 0.271. The van der Waals surface area contributed by atoms with E-state index in [4.69, 9.17) is 14.2 Å². The Morgan fingerprint density at radius 2 is 1.09 bits per heavy atom. The average Bonchev–Trinajstić information content (AvgIpc) is 2.99. The minimum Gasteiger partial charge on any atom is -0.465 e. The van der Waals surface area contributed by atoms with Crippen molar-refractivity contribution in [3.8, 4) is 0 Å². The third kappa shape index (κ3) is 11.3. The molecule has 9 nitrogen and oxygen atoms in total. The number of benzene rings is 2. The number of methoxy groups -OCH3 is 1. The summed E-state index contributed by atoms with van der Waals surface area (Å²) < 4.78 is 15.6. The van der Waals surface area contributed by atoms with Crippen LogP contribution in [0, 0.1) is 0 Å². The topological polar surface area (TPSA) is 106 Å². The van der Waals surface area contributed by atoms with Crippen molar-refractivity contribution in [2.24, 2.45) is 0 Å². The number of amides is 2. The molecule has 2 saturated heterocycles. The molecule has 0 atom stereocenters. The summed E-state index contributed by atoms with van der Waals surface area (Å²) in [5, 5.41) is 10.2. The van der Waals surface area contributed by atoms with Gasteiger partial charge in [-0.15, -0.1) is 0 Å². The number of esters is 1. The average molecular weight is 639 g/mol. The lowest BCUT2D eigenvalue weighted by Gasteiger charge is -2.34. The molecule has 9 heteroatoms. The van der Waals surface area contributed by atoms with Gasteiger partial charge in [-0.05, 0) is 122 Å². The molecule has 46 heavy (non-hydrogen) atoms. The Kier molecular flexibility index (Phi) is 12.3. The predicted molar refractivity (Wildman–Crippen MR) is 179 cm³/mol. The highest BCUT2D eigenvalue weighted by Crippen LogP contribution is 2.32. The van der Waals surface area contributed by atoms with Gasteiger partial charge in [0.1, 0.15) is 11.2 Å². The van der Waals surface area contributed by atoms with Crippen molar-refractivity contribution in [1.29, 1.82) is 0 Å². The second-order valence-corrected chi connectivity index (χ2v) is 14.8. The molecule has 2 heterocycles. The minimum atomic E-state index is -0.826. The van der Waals surface area contributed by atoms with Crippen LogP contribution in [0.5, 0.6) is 0 Å². The second kappa shape index (κ2) is 15.3. The minimum absolute atomic E-state index is 0.221. The SMILES string of the molecule is CC(C)(C)OC(=O)N1CCC(c2cccc(C(C)(C)O)c2)CC1.COC(=O)c1cccc(C2CCN(C(=O)OC(C)(C)C)CC2)c1. The van der Waals surface area contributed by atoms with Gasteiger partial charge in [-0.3, -0.25) is 0 Å². The van der Waals surface area contributed by atoms with E-state index in [0.717, 1.165) is 36.8 Å². The summed E-state index contributed by atoms with van der Waals surface area (Å²) in [6.45, 7) is 17.7. The normalized spacial score (nSPS) is 16.7. The Morgan fingerprint density at radius 3 is 1.48 bits per heavy atom. The molecule has 0 bridgehead atoms. The summed E-state index contributed by atoms with van der Waals surface area (Å²) in [5.41, 5.74) is 2.12. The van der Waals surface area contributed by atoms with Crippen molar-refractivity contribution in [2.45, 2.75) is 110 Å². The van der Waals surface area contributed by atoms with E-state index in [-0.39, 0.29) is 18.2 Å². The zero-order valence-electron chi connectivity index (χ0n) is 29.2. The van der Waals surface area contributed by atoms with Crippen LogP contribution < -0.4 is 0 Å². The molecule has 2 aliphatic heterocycles. The van der Waals surface area contributed by atoms with E-state index in [1.54, 1.807) is 29.7 Å². The Morgan fingerprint density at radius 1 is 0.674 bits per heavy atom. The number of hydrogen-bond donors (Lipinski definition) is 1. The van der Waals surface area contributed by atoms with E-state index < -0.39 is 16.8 Å². The molecule has 2 fully saturated rings. The van der Waals surface area contributed by atoms with Gasteiger partial charge in [-0.25, -0.2) is 14.4 Å². The van der Waals surface area contributed by atoms with Gasteiger partial charge >= 0.3 is 18.2 Å². The molecule has 2 aromatic rings. The first-order valence-corrected chi connectivity index (χ1v) is 16.3. The maximum atomic E-state index is 12.1. The van der Waals surface area contributed by atoms with Crippen LogP contribution in [-0.2, 0) is 19.8 Å². The highest BCUT2D eigenvalue weighted by molar-refractivity contribution is 5.89. The summed E-state index contributed by atoms with van der Waals surface area (Å²) in [4.78, 5) is 39.4. The molecule has 0 unspecified atom stereocenters. The standard InChI is InChI=1S/C19H29NO3.C18H25NO4/c1-18(2,3)23-17(21)20-11-9-14(10-12-20)15-7-6-8-16(13-15)19(4,5)22;1-18(2,3)23-17(21)19-10-8-13(9-11-19)14-6-5-7-15(12-14)16(20)22-4/h6-8,13-14,22H,9-12H2,1-5H3;5-7,12-13H,8-11H2,1-4H3. The number of carbonyl (C=O) groups is 3. The molecule has 254 valence electrons. The zero-order chi connectivity index (χ0) is 34.3. The van der Waals surface area contributed by atoms with Gasteiger partial charge in [0, 0.05) is 26.2 Å². The van der Waals surface area contributed by atoms with Crippen molar-refractivity contribution < 1.29 is 33.7 Å². The van der Waals surface area contributed by atoms with Crippen molar-refractivity contribution in [2.75, 3.05) is 33.3 Å². The maximum absolute atomic E-state index is 12.1. The summed E-state index contributed by atoms with van der Waals surface area (Å²) >= 11 is 0. The first-order chi connectivity index (χ1) is 21.4. The number of ether oxygens (including phenoxy) is 3. The molecule has 0 radical (unpaired) electrons. The van der Waals surface area contributed by atoms with Crippen LogP contribution in [0.15, 0.2) is 48.5 Å². The van der Waals surface area contributed by atoms with Crippen LogP contribution in [0.2, 0.25) is 0 Å². The largest absolute Gasteiger partial charge is 0.465 e. The monoisotopic (exact) mass is 638 g/mol. The molecule has 2 aromatic carbocycles. The molecule has 2 aliphatic rings. The first-order valence-electron chi connectivity index (χ1n) is 16.3. The first kappa shape index (κ1) is 36.9. The number of nitrogens with zero attached hydrogens (tertiary/aromatic N) is 2. The highest BCUT2D eigenvalue weighted by atomic mass is 16.6.